The molecule has 4 atom stereocenters. The average molecular weight is 227 g/mol. The predicted octanol–water partition coefficient (Wildman–Crippen LogP) is 3.22. The van der Waals surface area contributed by atoms with E-state index in [-0.39, 0.29) is 0 Å². The van der Waals surface area contributed by atoms with Crippen molar-refractivity contribution < 1.29 is 4.74 Å². The summed E-state index contributed by atoms with van der Waals surface area (Å²) in [5.74, 6) is 1.81. The molecule has 1 aliphatic carbocycles. The van der Waals surface area contributed by atoms with Gasteiger partial charge in [0.05, 0.1) is 0 Å². The lowest BCUT2D eigenvalue weighted by Crippen LogP contribution is -2.41. The van der Waals surface area contributed by atoms with E-state index < -0.39 is 0 Å². The molecule has 0 aromatic rings. The molecule has 4 unspecified atom stereocenters. The van der Waals surface area contributed by atoms with Crippen LogP contribution in [0.15, 0.2) is 0 Å². The van der Waals surface area contributed by atoms with Gasteiger partial charge in [0, 0.05) is 25.8 Å². The lowest BCUT2D eigenvalue weighted by molar-refractivity contribution is 0.173. The van der Waals surface area contributed by atoms with Gasteiger partial charge < -0.3 is 10.1 Å². The van der Waals surface area contributed by atoms with Crippen LogP contribution < -0.4 is 5.32 Å². The molecule has 2 heteroatoms. The predicted molar refractivity (Wildman–Crippen MR) is 69.7 cm³/mol. The van der Waals surface area contributed by atoms with Crippen LogP contribution in [0, 0.1) is 11.8 Å². The second kappa shape index (κ2) is 7.29. The van der Waals surface area contributed by atoms with Crippen LogP contribution >= 0.6 is 0 Å². The van der Waals surface area contributed by atoms with Gasteiger partial charge >= 0.3 is 0 Å². The van der Waals surface area contributed by atoms with Crippen LogP contribution in [0.2, 0.25) is 0 Å². The first kappa shape index (κ1) is 14.0. The summed E-state index contributed by atoms with van der Waals surface area (Å²) in [6.07, 6.45) is 6.79. The van der Waals surface area contributed by atoms with E-state index >= 15 is 0 Å². The third-order valence-corrected chi connectivity index (χ3v) is 3.99. The van der Waals surface area contributed by atoms with E-state index in [0.717, 1.165) is 24.9 Å². The fourth-order valence-corrected chi connectivity index (χ4v) is 2.90. The molecular formula is C14H29NO. The summed E-state index contributed by atoms with van der Waals surface area (Å²) in [4.78, 5) is 0. The van der Waals surface area contributed by atoms with Crippen molar-refractivity contribution in [3.8, 4) is 0 Å². The Morgan fingerprint density at radius 2 is 2.06 bits per heavy atom. The van der Waals surface area contributed by atoms with E-state index in [4.69, 9.17) is 4.74 Å². The molecule has 16 heavy (non-hydrogen) atoms. The maximum absolute atomic E-state index is 5.12. The summed E-state index contributed by atoms with van der Waals surface area (Å²) in [7, 11) is 1.78. The van der Waals surface area contributed by atoms with Crippen LogP contribution in [0.25, 0.3) is 0 Å². The molecule has 0 amide bonds. The normalized spacial score (nSPS) is 30.0. The van der Waals surface area contributed by atoms with E-state index in [2.05, 4.69) is 26.1 Å². The van der Waals surface area contributed by atoms with Crippen molar-refractivity contribution in [2.45, 2.75) is 65.0 Å². The minimum Gasteiger partial charge on any atom is -0.385 e. The van der Waals surface area contributed by atoms with E-state index in [1.807, 2.05) is 0 Å². The van der Waals surface area contributed by atoms with Gasteiger partial charge in [-0.3, -0.25) is 0 Å². The summed E-state index contributed by atoms with van der Waals surface area (Å²) >= 11 is 0. The van der Waals surface area contributed by atoms with Crippen LogP contribution in [0.5, 0.6) is 0 Å². The highest BCUT2D eigenvalue weighted by Gasteiger charge is 2.24. The second-order valence-electron chi connectivity index (χ2n) is 5.67. The van der Waals surface area contributed by atoms with Crippen molar-refractivity contribution in [3.63, 3.8) is 0 Å². The second-order valence-corrected chi connectivity index (χ2v) is 5.67. The molecule has 0 aliphatic heterocycles. The fourth-order valence-electron chi connectivity index (χ4n) is 2.90. The maximum atomic E-state index is 5.12. The lowest BCUT2D eigenvalue weighted by Gasteiger charge is -2.33. The van der Waals surface area contributed by atoms with Gasteiger partial charge in [-0.15, -0.1) is 0 Å². The number of hydrogen-bond donors (Lipinski definition) is 1. The van der Waals surface area contributed by atoms with E-state index in [1.165, 1.54) is 25.7 Å². The molecule has 2 nitrogen and oxygen atoms in total. The van der Waals surface area contributed by atoms with Gasteiger partial charge in [0.2, 0.25) is 0 Å². The first-order valence-electron chi connectivity index (χ1n) is 6.88. The van der Waals surface area contributed by atoms with Crippen LogP contribution in [0.1, 0.15) is 52.9 Å². The highest BCUT2D eigenvalue weighted by atomic mass is 16.5. The molecule has 1 saturated carbocycles. The summed E-state index contributed by atoms with van der Waals surface area (Å²) < 4.78 is 5.12. The van der Waals surface area contributed by atoms with Crippen LogP contribution in [-0.2, 0) is 4.74 Å². The van der Waals surface area contributed by atoms with Crippen molar-refractivity contribution >= 4 is 0 Å². The Morgan fingerprint density at radius 1 is 1.31 bits per heavy atom. The topological polar surface area (TPSA) is 21.3 Å². The van der Waals surface area contributed by atoms with Crippen molar-refractivity contribution in [2.24, 2.45) is 11.8 Å². The van der Waals surface area contributed by atoms with Gasteiger partial charge in [-0.25, -0.2) is 0 Å². The van der Waals surface area contributed by atoms with Crippen molar-refractivity contribution in [2.75, 3.05) is 13.7 Å². The minimum absolute atomic E-state index is 0.576. The Morgan fingerprint density at radius 3 is 2.69 bits per heavy atom. The van der Waals surface area contributed by atoms with Gasteiger partial charge in [0.25, 0.3) is 0 Å². The first-order valence-corrected chi connectivity index (χ1v) is 6.88. The van der Waals surface area contributed by atoms with Gasteiger partial charge in [-0.1, -0.05) is 19.8 Å². The molecule has 96 valence electrons. The highest BCUT2D eigenvalue weighted by molar-refractivity contribution is 4.80. The molecule has 1 fully saturated rings. The smallest absolute Gasteiger partial charge is 0.0476 e. The number of ether oxygens (including phenoxy) is 1. The number of nitrogens with one attached hydrogen (secondary N) is 1. The van der Waals surface area contributed by atoms with Gasteiger partial charge in [0.15, 0.2) is 0 Å². The molecule has 1 rings (SSSR count). The minimum atomic E-state index is 0.576. The third-order valence-electron chi connectivity index (χ3n) is 3.99. The Balaban J connectivity index is 2.24. The Kier molecular flexibility index (Phi) is 6.37. The molecule has 1 N–H and O–H groups in total. The highest BCUT2D eigenvalue weighted by Crippen LogP contribution is 2.30. The zero-order valence-electron chi connectivity index (χ0n) is 11.5. The molecule has 1 aliphatic rings. The first-order chi connectivity index (χ1) is 7.63. The van der Waals surface area contributed by atoms with Crippen molar-refractivity contribution in [3.05, 3.63) is 0 Å². The van der Waals surface area contributed by atoms with Crippen molar-refractivity contribution in [1.82, 2.24) is 5.32 Å². The quantitative estimate of drug-likeness (QED) is 0.752. The van der Waals surface area contributed by atoms with Crippen LogP contribution in [0.3, 0.4) is 0 Å². The standard InChI is InChI=1S/C14H29NO/c1-11-6-5-7-14(10-11)13(3)15-12(2)8-9-16-4/h11-15H,5-10H2,1-4H3. The maximum Gasteiger partial charge on any atom is 0.0476 e. The third kappa shape index (κ3) is 4.84. The fraction of sp³-hybridized carbons (Fsp3) is 1.00. The number of methoxy groups -OCH3 is 1. The van der Waals surface area contributed by atoms with Crippen LogP contribution in [-0.4, -0.2) is 25.8 Å². The molecule has 0 heterocycles. The number of hydrogen-bond acceptors (Lipinski definition) is 2. The number of rotatable bonds is 6. The largest absolute Gasteiger partial charge is 0.385 e. The monoisotopic (exact) mass is 227 g/mol. The van der Waals surface area contributed by atoms with Crippen molar-refractivity contribution in [1.29, 1.82) is 0 Å². The Bertz CT molecular complexity index is 184. The Labute approximate surface area is 101 Å². The van der Waals surface area contributed by atoms with E-state index in [9.17, 15) is 0 Å². The lowest BCUT2D eigenvalue weighted by atomic mass is 9.79. The summed E-state index contributed by atoms with van der Waals surface area (Å²) in [6.45, 7) is 7.88. The molecular weight excluding hydrogens is 198 g/mol. The zero-order chi connectivity index (χ0) is 12.0. The van der Waals surface area contributed by atoms with Gasteiger partial charge in [-0.2, -0.15) is 0 Å². The Hall–Kier alpha value is -0.0800. The van der Waals surface area contributed by atoms with Gasteiger partial charge in [0.1, 0.15) is 0 Å². The SMILES string of the molecule is COCCC(C)NC(C)C1CCCC(C)C1. The summed E-state index contributed by atoms with van der Waals surface area (Å²) in [6, 6.07) is 1.24. The molecule has 0 aromatic carbocycles. The summed E-state index contributed by atoms with van der Waals surface area (Å²) in [5, 5.41) is 3.72. The van der Waals surface area contributed by atoms with Crippen LogP contribution in [0.4, 0.5) is 0 Å². The van der Waals surface area contributed by atoms with E-state index in [0.29, 0.717) is 12.1 Å². The molecule has 0 aromatic heterocycles. The average Bonchev–Trinajstić information content (AvgIpc) is 2.26. The molecule has 0 radical (unpaired) electrons. The summed E-state index contributed by atoms with van der Waals surface area (Å²) in [5.41, 5.74) is 0. The zero-order valence-corrected chi connectivity index (χ0v) is 11.5. The molecule has 0 bridgehead atoms. The molecule has 0 saturated heterocycles. The molecule has 0 spiro atoms. The van der Waals surface area contributed by atoms with E-state index in [1.54, 1.807) is 7.11 Å². The van der Waals surface area contributed by atoms with Gasteiger partial charge in [-0.05, 0) is 44.9 Å².